The van der Waals surface area contributed by atoms with E-state index in [-0.39, 0.29) is 0 Å². The average molecular weight is 249 g/mol. The monoisotopic (exact) mass is 249 g/mol. The van der Waals surface area contributed by atoms with Gasteiger partial charge in [0.1, 0.15) is 0 Å². The third kappa shape index (κ3) is 3.05. The van der Waals surface area contributed by atoms with Crippen molar-refractivity contribution in [3.63, 3.8) is 0 Å². The molecule has 0 aromatic heterocycles. The van der Waals surface area contributed by atoms with Crippen LogP contribution in [0.3, 0.4) is 0 Å². The van der Waals surface area contributed by atoms with Crippen LogP contribution in [0.15, 0.2) is 29.2 Å². The number of hydrogen-bond acceptors (Lipinski definition) is 2. The Morgan fingerprint density at radius 3 is 2.65 bits per heavy atom. The predicted octanol–water partition coefficient (Wildman–Crippen LogP) is 3.71. The van der Waals surface area contributed by atoms with Gasteiger partial charge in [-0.05, 0) is 36.3 Å². The SMILES string of the molecule is CC(C)CC(C)C(N)C1Cc2ccccc2S1. The maximum atomic E-state index is 6.43. The van der Waals surface area contributed by atoms with Gasteiger partial charge in [-0.15, -0.1) is 11.8 Å². The first-order chi connectivity index (χ1) is 8.08. The first-order valence-corrected chi connectivity index (χ1v) is 7.46. The van der Waals surface area contributed by atoms with Crippen LogP contribution in [-0.4, -0.2) is 11.3 Å². The van der Waals surface area contributed by atoms with Gasteiger partial charge in [-0.3, -0.25) is 0 Å². The van der Waals surface area contributed by atoms with Gasteiger partial charge in [-0.25, -0.2) is 0 Å². The van der Waals surface area contributed by atoms with Crippen molar-refractivity contribution in [1.82, 2.24) is 0 Å². The van der Waals surface area contributed by atoms with Crippen LogP contribution >= 0.6 is 11.8 Å². The van der Waals surface area contributed by atoms with Crippen LogP contribution in [-0.2, 0) is 6.42 Å². The molecule has 0 fully saturated rings. The Morgan fingerprint density at radius 2 is 2.00 bits per heavy atom. The molecule has 17 heavy (non-hydrogen) atoms. The zero-order valence-corrected chi connectivity index (χ0v) is 11.8. The molecule has 1 nitrogen and oxygen atoms in total. The molecule has 1 aromatic rings. The fraction of sp³-hybridized carbons (Fsp3) is 0.600. The van der Waals surface area contributed by atoms with Crippen LogP contribution < -0.4 is 5.73 Å². The zero-order chi connectivity index (χ0) is 12.4. The van der Waals surface area contributed by atoms with Gasteiger partial charge in [0.15, 0.2) is 0 Å². The van der Waals surface area contributed by atoms with Crippen LogP contribution in [0.5, 0.6) is 0 Å². The molecule has 0 saturated heterocycles. The summed E-state index contributed by atoms with van der Waals surface area (Å²) in [5.74, 6) is 1.35. The highest BCUT2D eigenvalue weighted by Gasteiger charge is 2.30. The molecule has 0 aliphatic carbocycles. The lowest BCUT2D eigenvalue weighted by atomic mass is 9.89. The van der Waals surface area contributed by atoms with E-state index in [1.165, 1.54) is 16.9 Å². The Kier molecular flexibility index (Phi) is 4.16. The summed E-state index contributed by atoms with van der Waals surface area (Å²) in [6.45, 7) is 6.85. The van der Waals surface area contributed by atoms with Gasteiger partial charge in [-0.2, -0.15) is 0 Å². The van der Waals surface area contributed by atoms with E-state index in [2.05, 4.69) is 45.0 Å². The first kappa shape index (κ1) is 13.0. The minimum Gasteiger partial charge on any atom is -0.326 e. The molecule has 0 radical (unpaired) electrons. The summed E-state index contributed by atoms with van der Waals surface area (Å²) in [7, 11) is 0. The van der Waals surface area contributed by atoms with E-state index in [0.717, 1.165) is 12.3 Å². The Morgan fingerprint density at radius 1 is 1.29 bits per heavy atom. The zero-order valence-electron chi connectivity index (χ0n) is 11.0. The average Bonchev–Trinajstić information content (AvgIpc) is 2.70. The highest BCUT2D eigenvalue weighted by atomic mass is 32.2. The number of thioether (sulfide) groups is 1. The minimum absolute atomic E-state index is 0.315. The smallest absolute Gasteiger partial charge is 0.0289 e. The maximum Gasteiger partial charge on any atom is 0.0289 e. The number of fused-ring (bicyclic) bond motifs is 1. The summed E-state index contributed by atoms with van der Waals surface area (Å²) in [6, 6.07) is 9.03. The first-order valence-electron chi connectivity index (χ1n) is 6.58. The van der Waals surface area contributed by atoms with Gasteiger partial charge in [0, 0.05) is 16.2 Å². The molecule has 0 saturated carbocycles. The van der Waals surface area contributed by atoms with E-state index < -0.39 is 0 Å². The summed E-state index contributed by atoms with van der Waals surface area (Å²) in [5, 5.41) is 0.571. The largest absolute Gasteiger partial charge is 0.326 e. The van der Waals surface area contributed by atoms with Crippen LogP contribution in [0.1, 0.15) is 32.8 Å². The van der Waals surface area contributed by atoms with Crippen molar-refractivity contribution >= 4 is 11.8 Å². The van der Waals surface area contributed by atoms with E-state index in [9.17, 15) is 0 Å². The van der Waals surface area contributed by atoms with Crippen LogP contribution in [0.2, 0.25) is 0 Å². The van der Waals surface area contributed by atoms with Crippen molar-refractivity contribution in [2.75, 3.05) is 0 Å². The summed E-state index contributed by atoms with van der Waals surface area (Å²) in [5.41, 5.74) is 7.91. The molecular weight excluding hydrogens is 226 g/mol. The second kappa shape index (κ2) is 5.45. The molecular formula is C15H23NS. The third-order valence-corrected chi connectivity index (χ3v) is 5.04. The molecule has 2 N–H and O–H groups in total. The van der Waals surface area contributed by atoms with Gasteiger partial charge in [0.05, 0.1) is 0 Å². The molecule has 3 atom stereocenters. The molecule has 1 aromatic carbocycles. The van der Waals surface area contributed by atoms with Gasteiger partial charge in [-0.1, -0.05) is 39.0 Å². The molecule has 0 spiro atoms. The second-order valence-electron chi connectivity index (χ2n) is 5.65. The maximum absolute atomic E-state index is 6.43. The van der Waals surface area contributed by atoms with Crippen molar-refractivity contribution in [3.05, 3.63) is 29.8 Å². The lowest BCUT2D eigenvalue weighted by molar-refractivity contribution is 0.365. The van der Waals surface area contributed by atoms with Crippen molar-refractivity contribution in [3.8, 4) is 0 Å². The Balaban J connectivity index is 1.98. The van der Waals surface area contributed by atoms with Crippen molar-refractivity contribution < 1.29 is 0 Å². The van der Waals surface area contributed by atoms with Gasteiger partial charge in [0.2, 0.25) is 0 Å². The normalized spacial score (nSPS) is 22.5. The molecule has 2 heteroatoms. The summed E-state index contributed by atoms with van der Waals surface area (Å²) in [6.07, 6.45) is 2.37. The highest BCUT2D eigenvalue weighted by Crippen LogP contribution is 2.39. The molecule has 94 valence electrons. The number of rotatable bonds is 4. The van der Waals surface area contributed by atoms with Crippen LogP contribution in [0.25, 0.3) is 0 Å². The summed E-state index contributed by atoms with van der Waals surface area (Å²) < 4.78 is 0. The Hall–Kier alpha value is -0.470. The van der Waals surface area contributed by atoms with Crippen molar-refractivity contribution in [2.24, 2.45) is 17.6 Å². The van der Waals surface area contributed by atoms with Crippen molar-refractivity contribution in [1.29, 1.82) is 0 Å². The van der Waals surface area contributed by atoms with Gasteiger partial charge >= 0.3 is 0 Å². The molecule has 1 aliphatic rings. The van der Waals surface area contributed by atoms with Gasteiger partial charge in [0.25, 0.3) is 0 Å². The molecule has 1 heterocycles. The van der Waals surface area contributed by atoms with E-state index in [1.807, 2.05) is 11.8 Å². The van der Waals surface area contributed by atoms with E-state index in [1.54, 1.807) is 0 Å². The van der Waals surface area contributed by atoms with Crippen LogP contribution in [0, 0.1) is 11.8 Å². The number of benzene rings is 1. The highest BCUT2D eigenvalue weighted by molar-refractivity contribution is 8.00. The van der Waals surface area contributed by atoms with E-state index in [4.69, 9.17) is 5.73 Å². The predicted molar refractivity (Wildman–Crippen MR) is 76.4 cm³/mol. The molecule has 3 unspecified atom stereocenters. The fourth-order valence-electron chi connectivity index (χ4n) is 2.69. The topological polar surface area (TPSA) is 26.0 Å². The molecule has 1 aliphatic heterocycles. The van der Waals surface area contributed by atoms with E-state index >= 15 is 0 Å². The van der Waals surface area contributed by atoms with Crippen LogP contribution in [0.4, 0.5) is 0 Å². The lowest BCUT2D eigenvalue weighted by Crippen LogP contribution is -2.38. The Labute approximate surface area is 109 Å². The number of hydrogen-bond donors (Lipinski definition) is 1. The minimum atomic E-state index is 0.315. The third-order valence-electron chi connectivity index (χ3n) is 3.60. The lowest BCUT2D eigenvalue weighted by Gasteiger charge is -2.26. The standard InChI is InChI=1S/C15H23NS/c1-10(2)8-11(3)15(16)14-9-12-6-4-5-7-13(12)17-14/h4-7,10-11,14-15H,8-9,16H2,1-3H3. The second-order valence-corrected chi connectivity index (χ2v) is 6.93. The quantitative estimate of drug-likeness (QED) is 0.880. The van der Waals surface area contributed by atoms with Crippen molar-refractivity contribution in [2.45, 2.75) is 49.8 Å². The molecule has 0 amide bonds. The van der Waals surface area contributed by atoms with E-state index in [0.29, 0.717) is 17.2 Å². The molecule has 0 bridgehead atoms. The molecule has 2 rings (SSSR count). The Bertz CT molecular complexity index is 350. The fourth-order valence-corrected chi connectivity index (χ4v) is 4.17. The summed E-state index contributed by atoms with van der Waals surface area (Å²) in [4.78, 5) is 1.43. The summed E-state index contributed by atoms with van der Waals surface area (Å²) >= 11 is 1.97. The number of nitrogens with two attached hydrogens (primary N) is 1. The van der Waals surface area contributed by atoms with Gasteiger partial charge < -0.3 is 5.73 Å².